The van der Waals surface area contributed by atoms with Gasteiger partial charge in [0.1, 0.15) is 0 Å². The predicted molar refractivity (Wildman–Crippen MR) is 58.4 cm³/mol. The minimum absolute atomic E-state index is 0.631. The molecule has 2 heteroatoms. The van der Waals surface area contributed by atoms with E-state index >= 15 is 0 Å². The number of benzene rings is 1. The van der Waals surface area contributed by atoms with Crippen molar-refractivity contribution in [2.24, 2.45) is 0 Å². The number of aromatic nitrogens is 1. The van der Waals surface area contributed by atoms with E-state index in [0.29, 0.717) is 5.88 Å². The lowest BCUT2D eigenvalue weighted by Gasteiger charge is -2.03. The molecule has 0 aliphatic rings. The standard InChI is InChI=1S/C12H11NO/c1-3-9-5-4-6-10-7-8-11(14-2)13-12(9)10/h3-8H,1H2,2H3. The molecule has 2 nitrogen and oxygen atoms in total. The van der Waals surface area contributed by atoms with Crippen molar-refractivity contribution in [3.05, 3.63) is 42.5 Å². The molecule has 0 aliphatic carbocycles. The summed E-state index contributed by atoms with van der Waals surface area (Å²) in [5.74, 6) is 0.631. The van der Waals surface area contributed by atoms with E-state index < -0.39 is 0 Å². The third-order valence-corrected chi connectivity index (χ3v) is 2.15. The molecule has 0 unspecified atom stereocenters. The lowest BCUT2D eigenvalue weighted by atomic mass is 10.1. The molecule has 0 saturated heterocycles. The highest BCUT2D eigenvalue weighted by molar-refractivity contribution is 5.87. The van der Waals surface area contributed by atoms with Gasteiger partial charge in [-0.2, -0.15) is 0 Å². The average molecular weight is 185 g/mol. The molecular formula is C12H11NO. The number of ether oxygens (including phenoxy) is 1. The molecule has 0 fully saturated rings. The number of hydrogen-bond acceptors (Lipinski definition) is 2. The summed E-state index contributed by atoms with van der Waals surface area (Å²) in [7, 11) is 1.62. The van der Waals surface area contributed by atoms with Gasteiger partial charge < -0.3 is 4.74 Å². The van der Waals surface area contributed by atoms with Gasteiger partial charge >= 0.3 is 0 Å². The summed E-state index contributed by atoms with van der Waals surface area (Å²) >= 11 is 0. The van der Waals surface area contributed by atoms with Crippen LogP contribution in [0.25, 0.3) is 17.0 Å². The monoisotopic (exact) mass is 185 g/mol. The number of rotatable bonds is 2. The largest absolute Gasteiger partial charge is 0.481 e. The third kappa shape index (κ3) is 1.35. The Balaban J connectivity index is 2.76. The minimum Gasteiger partial charge on any atom is -0.481 e. The number of methoxy groups -OCH3 is 1. The van der Waals surface area contributed by atoms with Crippen molar-refractivity contribution in [1.82, 2.24) is 4.98 Å². The van der Waals surface area contributed by atoms with E-state index in [4.69, 9.17) is 4.74 Å². The fourth-order valence-electron chi connectivity index (χ4n) is 1.43. The number of hydrogen-bond donors (Lipinski definition) is 0. The van der Waals surface area contributed by atoms with Crippen molar-refractivity contribution in [2.45, 2.75) is 0 Å². The minimum atomic E-state index is 0.631. The third-order valence-electron chi connectivity index (χ3n) is 2.15. The van der Waals surface area contributed by atoms with E-state index in [1.807, 2.05) is 30.3 Å². The van der Waals surface area contributed by atoms with Crippen molar-refractivity contribution in [3.8, 4) is 5.88 Å². The molecule has 0 amide bonds. The Morgan fingerprint density at radius 3 is 2.86 bits per heavy atom. The van der Waals surface area contributed by atoms with Crippen LogP contribution in [0.5, 0.6) is 5.88 Å². The van der Waals surface area contributed by atoms with E-state index in [0.717, 1.165) is 16.5 Å². The van der Waals surface area contributed by atoms with Crippen LogP contribution < -0.4 is 4.74 Å². The maximum absolute atomic E-state index is 5.08. The second-order valence-corrected chi connectivity index (χ2v) is 2.98. The highest BCUT2D eigenvalue weighted by atomic mass is 16.5. The van der Waals surface area contributed by atoms with Crippen LogP contribution in [0.1, 0.15) is 5.56 Å². The van der Waals surface area contributed by atoms with Crippen molar-refractivity contribution >= 4 is 17.0 Å². The van der Waals surface area contributed by atoms with E-state index in [-0.39, 0.29) is 0 Å². The number of nitrogens with zero attached hydrogens (tertiary/aromatic N) is 1. The molecule has 1 heterocycles. The van der Waals surface area contributed by atoms with Gasteiger partial charge in [0.2, 0.25) is 5.88 Å². The number of fused-ring (bicyclic) bond motifs is 1. The molecule has 0 radical (unpaired) electrons. The van der Waals surface area contributed by atoms with Gasteiger partial charge in [-0.15, -0.1) is 0 Å². The Bertz CT molecular complexity index is 477. The lowest BCUT2D eigenvalue weighted by Crippen LogP contribution is -1.89. The molecule has 70 valence electrons. The van der Waals surface area contributed by atoms with E-state index in [9.17, 15) is 0 Å². The second kappa shape index (κ2) is 3.50. The summed E-state index contributed by atoms with van der Waals surface area (Å²) in [6.07, 6.45) is 1.80. The molecule has 0 N–H and O–H groups in total. The Morgan fingerprint density at radius 2 is 2.14 bits per heavy atom. The van der Waals surface area contributed by atoms with Gasteiger partial charge in [0.05, 0.1) is 12.6 Å². The van der Waals surface area contributed by atoms with Crippen LogP contribution in [0.2, 0.25) is 0 Å². The van der Waals surface area contributed by atoms with Crippen molar-refractivity contribution in [2.75, 3.05) is 7.11 Å². The first-order chi connectivity index (χ1) is 6.85. The fraction of sp³-hybridized carbons (Fsp3) is 0.0833. The Kier molecular flexibility index (Phi) is 2.19. The van der Waals surface area contributed by atoms with E-state index in [1.54, 1.807) is 13.2 Å². The van der Waals surface area contributed by atoms with Crippen LogP contribution in [-0.4, -0.2) is 12.1 Å². The summed E-state index contributed by atoms with van der Waals surface area (Å²) < 4.78 is 5.08. The van der Waals surface area contributed by atoms with Crippen LogP contribution in [0, 0.1) is 0 Å². The van der Waals surface area contributed by atoms with Gasteiger partial charge in [0.15, 0.2) is 0 Å². The van der Waals surface area contributed by atoms with Gasteiger partial charge in [-0.3, -0.25) is 0 Å². The highest BCUT2D eigenvalue weighted by Crippen LogP contribution is 2.20. The van der Waals surface area contributed by atoms with Crippen molar-refractivity contribution in [3.63, 3.8) is 0 Å². The maximum Gasteiger partial charge on any atom is 0.213 e. The first-order valence-electron chi connectivity index (χ1n) is 4.41. The molecule has 0 saturated carbocycles. The molecular weight excluding hydrogens is 174 g/mol. The zero-order valence-electron chi connectivity index (χ0n) is 8.03. The summed E-state index contributed by atoms with van der Waals surface area (Å²) in [5, 5.41) is 1.10. The zero-order valence-corrected chi connectivity index (χ0v) is 8.03. The van der Waals surface area contributed by atoms with Crippen LogP contribution in [0.3, 0.4) is 0 Å². The molecule has 0 bridgehead atoms. The van der Waals surface area contributed by atoms with Crippen LogP contribution >= 0.6 is 0 Å². The van der Waals surface area contributed by atoms with Gasteiger partial charge in [-0.1, -0.05) is 30.9 Å². The summed E-state index contributed by atoms with van der Waals surface area (Å²) in [5.41, 5.74) is 1.96. The van der Waals surface area contributed by atoms with Gasteiger partial charge in [0, 0.05) is 17.0 Å². The van der Waals surface area contributed by atoms with Crippen LogP contribution in [-0.2, 0) is 0 Å². The van der Waals surface area contributed by atoms with Gasteiger partial charge in [0.25, 0.3) is 0 Å². The summed E-state index contributed by atoms with van der Waals surface area (Å²) in [6.45, 7) is 3.76. The summed E-state index contributed by atoms with van der Waals surface area (Å²) in [4.78, 5) is 4.37. The molecule has 2 rings (SSSR count). The average Bonchev–Trinajstić information content (AvgIpc) is 2.27. The quantitative estimate of drug-likeness (QED) is 0.717. The van der Waals surface area contributed by atoms with E-state index in [1.165, 1.54) is 0 Å². The highest BCUT2D eigenvalue weighted by Gasteiger charge is 2.00. The second-order valence-electron chi connectivity index (χ2n) is 2.98. The van der Waals surface area contributed by atoms with Crippen LogP contribution in [0.4, 0.5) is 0 Å². The van der Waals surface area contributed by atoms with E-state index in [2.05, 4.69) is 11.6 Å². The first-order valence-corrected chi connectivity index (χ1v) is 4.41. The van der Waals surface area contributed by atoms with Crippen molar-refractivity contribution < 1.29 is 4.74 Å². The lowest BCUT2D eigenvalue weighted by molar-refractivity contribution is 0.399. The normalized spacial score (nSPS) is 10.1. The van der Waals surface area contributed by atoms with Gasteiger partial charge in [-0.05, 0) is 6.07 Å². The molecule has 0 atom stereocenters. The van der Waals surface area contributed by atoms with Crippen LogP contribution in [0.15, 0.2) is 36.9 Å². The first kappa shape index (κ1) is 8.75. The molecule has 2 aromatic rings. The molecule has 1 aromatic heterocycles. The Labute approximate surface area is 82.9 Å². The van der Waals surface area contributed by atoms with Crippen molar-refractivity contribution in [1.29, 1.82) is 0 Å². The SMILES string of the molecule is C=Cc1cccc2ccc(OC)nc12. The number of pyridine rings is 1. The smallest absolute Gasteiger partial charge is 0.213 e. The topological polar surface area (TPSA) is 22.1 Å². The molecule has 0 spiro atoms. The maximum atomic E-state index is 5.08. The molecule has 0 aliphatic heterocycles. The fourth-order valence-corrected chi connectivity index (χ4v) is 1.43. The summed E-state index contributed by atoms with van der Waals surface area (Å²) in [6, 6.07) is 9.85. The predicted octanol–water partition coefficient (Wildman–Crippen LogP) is 2.89. The molecule has 14 heavy (non-hydrogen) atoms. The van der Waals surface area contributed by atoms with Gasteiger partial charge in [-0.25, -0.2) is 4.98 Å². The zero-order chi connectivity index (χ0) is 9.97. The number of para-hydroxylation sites is 1. The molecule has 1 aromatic carbocycles. The Morgan fingerprint density at radius 1 is 1.29 bits per heavy atom. The Hall–Kier alpha value is -1.83.